The highest BCUT2D eigenvalue weighted by Crippen LogP contribution is 2.11. The predicted molar refractivity (Wildman–Crippen MR) is 63.0 cm³/mol. The minimum Gasteiger partial charge on any atom is -0.494 e. The van der Waals surface area contributed by atoms with E-state index in [0.29, 0.717) is 6.61 Å². The third kappa shape index (κ3) is 4.81. The quantitative estimate of drug-likeness (QED) is 0.745. The molecule has 0 aliphatic carbocycles. The van der Waals surface area contributed by atoms with Crippen molar-refractivity contribution in [2.45, 2.75) is 26.4 Å². The predicted octanol–water partition coefficient (Wildman–Crippen LogP) is 1.52. The Bertz CT molecular complexity index is 269. The van der Waals surface area contributed by atoms with Crippen molar-refractivity contribution in [2.24, 2.45) is 5.73 Å². The largest absolute Gasteiger partial charge is 0.494 e. The maximum absolute atomic E-state index is 5.64. The zero-order valence-corrected chi connectivity index (χ0v) is 9.49. The van der Waals surface area contributed by atoms with Gasteiger partial charge in [-0.15, -0.1) is 0 Å². The first kappa shape index (κ1) is 12.0. The summed E-state index contributed by atoms with van der Waals surface area (Å²) in [6.45, 7) is 6.38. The molecule has 1 unspecified atom stereocenters. The van der Waals surface area contributed by atoms with E-state index < -0.39 is 0 Å². The lowest BCUT2D eigenvalue weighted by Gasteiger charge is -2.08. The summed E-state index contributed by atoms with van der Waals surface area (Å²) in [6, 6.07) is 8.32. The van der Waals surface area contributed by atoms with E-state index in [1.807, 2.05) is 26.0 Å². The molecule has 0 heterocycles. The Morgan fingerprint density at radius 2 is 2.00 bits per heavy atom. The van der Waals surface area contributed by atoms with Crippen molar-refractivity contribution in [1.29, 1.82) is 0 Å². The van der Waals surface area contributed by atoms with Crippen LogP contribution in [0.4, 0.5) is 0 Å². The zero-order valence-electron chi connectivity index (χ0n) is 9.49. The van der Waals surface area contributed by atoms with E-state index in [4.69, 9.17) is 10.5 Å². The fourth-order valence-electron chi connectivity index (χ4n) is 1.31. The lowest BCUT2D eigenvalue weighted by molar-refractivity contribution is 0.340. The van der Waals surface area contributed by atoms with Gasteiger partial charge in [0.2, 0.25) is 0 Å². The van der Waals surface area contributed by atoms with Crippen LogP contribution in [0.5, 0.6) is 5.75 Å². The number of hydrogen-bond acceptors (Lipinski definition) is 3. The third-order valence-electron chi connectivity index (χ3n) is 2.03. The van der Waals surface area contributed by atoms with Crippen LogP contribution >= 0.6 is 0 Å². The molecule has 1 atom stereocenters. The Kier molecular flexibility index (Phi) is 5.15. The number of hydrogen-bond donors (Lipinski definition) is 2. The molecule has 15 heavy (non-hydrogen) atoms. The van der Waals surface area contributed by atoms with Gasteiger partial charge in [0.15, 0.2) is 0 Å². The SMILES string of the molecule is CCOc1ccc(CNCC(C)N)cc1. The third-order valence-corrected chi connectivity index (χ3v) is 2.03. The molecule has 0 aromatic heterocycles. The summed E-state index contributed by atoms with van der Waals surface area (Å²) in [7, 11) is 0. The fraction of sp³-hybridized carbons (Fsp3) is 0.500. The zero-order chi connectivity index (χ0) is 11.1. The van der Waals surface area contributed by atoms with E-state index >= 15 is 0 Å². The molecule has 0 radical (unpaired) electrons. The molecular weight excluding hydrogens is 188 g/mol. The van der Waals surface area contributed by atoms with E-state index in [-0.39, 0.29) is 6.04 Å². The van der Waals surface area contributed by atoms with E-state index in [1.54, 1.807) is 0 Å². The summed E-state index contributed by atoms with van der Waals surface area (Å²) in [5.41, 5.74) is 6.89. The van der Waals surface area contributed by atoms with Gasteiger partial charge >= 0.3 is 0 Å². The summed E-state index contributed by atoms with van der Waals surface area (Å²) >= 11 is 0. The molecule has 0 aliphatic heterocycles. The first-order chi connectivity index (χ1) is 7.22. The standard InChI is InChI=1S/C12H20N2O/c1-3-15-12-6-4-11(5-7-12)9-14-8-10(2)13/h4-7,10,14H,3,8-9,13H2,1-2H3. The van der Waals surface area contributed by atoms with Gasteiger partial charge in [-0.3, -0.25) is 0 Å². The molecule has 0 aliphatic rings. The summed E-state index contributed by atoms with van der Waals surface area (Å²) in [5.74, 6) is 0.924. The van der Waals surface area contributed by atoms with Crippen LogP contribution in [0.2, 0.25) is 0 Å². The van der Waals surface area contributed by atoms with Crippen LogP contribution in [0.1, 0.15) is 19.4 Å². The minimum atomic E-state index is 0.202. The Balaban J connectivity index is 2.36. The van der Waals surface area contributed by atoms with Gasteiger partial charge in [-0.05, 0) is 31.5 Å². The first-order valence-electron chi connectivity index (χ1n) is 5.40. The van der Waals surface area contributed by atoms with Crippen LogP contribution in [0.3, 0.4) is 0 Å². The number of rotatable bonds is 6. The van der Waals surface area contributed by atoms with Crippen molar-refractivity contribution >= 4 is 0 Å². The monoisotopic (exact) mass is 208 g/mol. The maximum Gasteiger partial charge on any atom is 0.119 e. The van der Waals surface area contributed by atoms with Crippen LogP contribution in [0.15, 0.2) is 24.3 Å². The van der Waals surface area contributed by atoms with Crippen LogP contribution in [-0.4, -0.2) is 19.2 Å². The van der Waals surface area contributed by atoms with Crippen molar-refractivity contribution in [2.75, 3.05) is 13.2 Å². The fourth-order valence-corrected chi connectivity index (χ4v) is 1.31. The summed E-state index contributed by atoms with van der Waals surface area (Å²) in [5, 5.41) is 3.29. The Morgan fingerprint density at radius 3 is 2.53 bits per heavy atom. The van der Waals surface area contributed by atoms with Gasteiger partial charge in [0.1, 0.15) is 5.75 Å². The highest BCUT2D eigenvalue weighted by Gasteiger charge is 1.96. The number of benzene rings is 1. The van der Waals surface area contributed by atoms with Gasteiger partial charge in [-0.1, -0.05) is 12.1 Å². The molecular formula is C12H20N2O. The van der Waals surface area contributed by atoms with Gasteiger partial charge in [0.25, 0.3) is 0 Å². The maximum atomic E-state index is 5.64. The Hall–Kier alpha value is -1.06. The second-order valence-electron chi connectivity index (χ2n) is 3.69. The van der Waals surface area contributed by atoms with Crippen LogP contribution < -0.4 is 15.8 Å². The second kappa shape index (κ2) is 6.43. The van der Waals surface area contributed by atoms with E-state index in [9.17, 15) is 0 Å². The van der Waals surface area contributed by atoms with E-state index in [0.717, 1.165) is 18.8 Å². The average molecular weight is 208 g/mol. The smallest absolute Gasteiger partial charge is 0.119 e. The highest BCUT2D eigenvalue weighted by atomic mass is 16.5. The van der Waals surface area contributed by atoms with Crippen molar-refractivity contribution < 1.29 is 4.74 Å². The Labute approximate surface area is 91.6 Å². The first-order valence-corrected chi connectivity index (χ1v) is 5.40. The molecule has 84 valence electrons. The molecule has 0 saturated carbocycles. The van der Waals surface area contributed by atoms with Gasteiger partial charge < -0.3 is 15.8 Å². The molecule has 1 aromatic rings. The summed E-state index contributed by atoms with van der Waals surface area (Å²) in [4.78, 5) is 0. The minimum absolute atomic E-state index is 0.202. The van der Waals surface area contributed by atoms with E-state index in [2.05, 4.69) is 17.4 Å². The van der Waals surface area contributed by atoms with Gasteiger partial charge in [0.05, 0.1) is 6.61 Å². The number of nitrogens with one attached hydrogen (secondary N) is 1. The normalized spacial score (nSPS) is 12.5. The molecule has 1 rings (SSSR count). The molecule has 0 amide bonds. The topological polar surface area (TPSA) is 47.3 Å². The molecule has 0 spiro atoms. The van der Waals surface area contributed by atoms with E-state index in [1.165, 1.54) is 5.56 Å². The molecule has 3 heteroatoms. The summed E-state index contributed by atoms with van der Waals surface area (Å²) in [6.07, 6.45) is 0. The number of nitrogens with two attached hydrogens (primary N) is 1. The number of ether oxygens (including phenoxy) is 1. The lowest BCUT2D eigenvalue weighted by Crippen LogP contribution is -2.30. The van der Waals surface area contributed by atoms with Gasteiger partial charge in [-0.25, -0.2) is 0 Å². The van der Waals surface area contributed by atoms with Crippen LogP contribution in [0, 0.1) is 0 Å². The van der Waals surface area contributed by atoms with Gasteiger partial charge in [0, 0.05) is 19.1 Å². The molecule has 0 saturated heterocycles. The second-order valence-corrected chi connectivity index (χ2v) is 3.69. The lowest BCUT2D eigenvalue weighted by atomic mass is 10.2. The summed E-state index contributed by atoms with van der Waals surface area (Å²) < 4.78 is 5.36. The van der Waals surface area contributed by atoms with Crippen molar-refractivity contribution in [3.05, 3.63) is 29.8 Å². The molecule has 0 fully saturated rings. The highest BCUT2D eigenvalue weighted by molar-refractivity contribution is 5.27. The van der Waals surface area contributed by atoms with Crippen molar-refractivity contribution in [1.82, 2.24) is 5.32 Å². The van der Waals surface area contributed by atoms with Crippen molar-refractivity contribution in [3.63, 3.8) is 0 Å². The van der Waals surface area contributed by atoms with Crippen molar-refractivity contribution in [3.8, 4) is 5.75 Å². The molecule has 3 N–H and O–H groups in total. The Morgan fingerprint density at radius 1 is 1.33 bits per heavy atom. The van der Waals surface area contributed by atoms with Crippen LogP contribution in [0.25, 0.3) is 0 Å². The molecule has 3 nitrogen and oxygen atoms in total. The van der Waals surface area contributed by atoms with Crippen LogP contribution in [-0.2, 0) is 6.54 Å². The average Bonchev–Trinajstić information content (AvgIpc) is 2.20. The molecule has 1 aromatic carbocycles. The molecule has 0 bridgehead atoms. The van der Waals surface area contributed by atoms with Gasteiger partial charge in [-0.2, -0.15) is 0 Å².